The molecule has 6 heterocycles. The molecular formula is C31H35N7O6. The number of morpholine rings is 1. The van der Waals surface area contributed by atoms with Gasteiger partial charge in [0.2, 0.25) is 0 Å². The van der Waals surface area contributed by atoms with Crippen molar-refractivity contribution in [1.82, 2.24) is 29.8 Å². The molecule has 2 fully saturated rings. The smallest absolute Gasteiger partial charge is 0.407 e. The number of rotatable bonds is 8. The predicted molar refractivity (Wildman–Crippen MR) is 161 cm³/mol. The lowest BCUT2D eigenvalue weighted by Crippen LogP contribution is -2.60. The Kier molecular flexibility index (Phi) is 7.82. The quantitative estimate of drug-likeness (QED) is 0.234. The Morgan fingerprint density at radius 1 is 1.07 bits per heavy atom. The van der Waals surface area contributed by atoms with E-state index in [0.717, 1.165) is 22.3 Å². The molecule has 0 spiro atoms. The summed E-state index contributed by atoms with van der Waals surface area (Å²) in [6.45, 7) is 6.04. The SMILES string of the molecule is Cc1cc(-c2ccn3nc(Nc4ccc(C(=O)NCC(C)(C)O)cn4)cc3c2)c(O[C@H]2C[C@H]3COC[C@@H](C2)N3C(=O)O)cn1. The molecule has 2 bridgehead atoms. The van der Waals surface area contributed by atoms with E-state index < -0.39 is 11.7 Å². The number of amides is 2. The van der Waals surface area contributed by atoms with E-state index in [1.165, 1.54) is 11.1 Å². The van der Waals surface area contributed by atoms with Crippen molar-refractivity contribution in [1.29, 1.82) is 0 Å². The zero-order valence-electron chi connectivity index (χ0n) is 24.7. The number of aromatic nitrogens is 4. The maximum atomic E-state index is 12.3. The van der Waals surface area contributed by atoms with Gasteiger partial charge in [0.05, 0.1) is 48.2 Å². The highest BCUT2D eigenvalue weighted by molar-refractivity contribution is 5.94. The molecule has 13 nitrogen and oxygen atoms in total. The zero-order valence-corrected chi connectivity index (χ0v) is 24.7. The van der Waals surface area contributed by atoms with Crippen LogP contribution in [0.1, 0.15) is 42.7 Å². The highest BCUT2D eigenvalue weighted by atomic mass is 16.5. The average Bonchev–Trinajstić information content (AvgIpc) is 3.37. The van der Waals surface area contributed by atoms with Crippen LogP contribution in [0, 0.1) is 6.92 Å². The van der Waals surface area contributed by atoms with E-state index in [9.17, 15) is 19.8 Å². The molecular weight excluding hydrogens is 566 g/mol. The normalized spacial score (nSPS) is 19.9. The van der Waals surface area contributed by atoms with Gasteiger partial charge in [-0.15, -0.1) is 0 Å². The molecule has 6 rings (SSSR count). The first-order valence-electron chi connectivity index (χ1n) is 14.5. The third kappa shape index (κ3) is 6.43. The fraction of sp³-hybridized carbons (Fsp3) is 0.387. The molecule has 13 heteroatoms. The van der Waals surface area contributed by atoms with Gasteiger partial charge in [-0.1, -0.05) is 0 Å². The molecule has 0 radical (unpaired) electrons. The number of carbonyl (C=O) groups is 2. The largest absolute Gasteiger partial charge is 0.488 e. The maximum Gasteiger partial charge on any atom is 0.407 e. The van der Waals surface area contributed by atoms with Crippen LogP contribution in [-0.4, -0.2) is 90.2 Å². The second kappa shape index (κ2) is 11.7. The Labute approximate surface area is 253 Å². The molecule has 4 N–H and O–H groups in total. The number of hydrogen-bond acceptors (Lipinski definition) is 9. The number of ether oxygens (including phenoxy) is 2. The van der Waals surface area contributed by atoms with Gasteiger partial charge in [-0.05, 0) is 56.7 Å². The Bertz CT molecular complexity index is 1670. The summed E-state index contributed by atoms with van der Waals surface area (Å²) in [7, 11) is 0. The van der Waals surface area contributed by atoms with E-state index in [0.29, 0.717) is 49.0 Å². The number of pyridine rings is 3. The number of carbonyl (C=O) groups excluding carboxylic acids is 1. The van der Waals surface area contributed by atoms with Crippen molar-refractivity contribution in [3.63, 3.8) is 0 Å². The highest BCUT2D eigenvalue weighted by Gasteiger charge is 2.42. The first-order chi connectivity index (χ1) is 21.0. The average molecular weight is 602 g/mol. The summed E-state index contributed by atoms with van der Waals surface area (Å²) in [5.74, 6) is 1.43. The summed E-state index contributed by atoms with van der Waals surface area (Å²) in [4.78, 5) is 34.4. The molecule has 0 unspecified atom stereocenters. The first-order valence-corrected chi connectivity index (χ1v) is 14.5. The van der Waals surface area contributed by atoms with E-state index >= 15 is 0 Å². The summed E-state index contributed by atoms with van der Waals surface area (Å²) >= 11 is 0. The van der Waals surface area contributed by atoms with Crippen molar-refractivity contribution in [3.05, 3.63) is 66.2 Å². The summed E-state index contributed by atoms with van der Waals surface area (Å²) in [5.41, 5.74) is 2.88. The van der Waals surface area contributed by atoms with Crippen LogP contribution in [0.3, 0.4) is 0 Å². The van der Waals surface area contributed by atoms with Crippen LogP contribution in [0.4, 0.5) is 16.4 Å². The van der Waals surface area contributed by atoms with Crippen molar-refractivity contribution in [3.8, 4) is 16.9 Å². The van der Waals surface area contributed by atoms with Gasteiger partial charge in [-0.2, -0.15) is 5.10 Å². The summed E-state index contributed by atoms with van der Waals surface area (Å²) in [6, 6.07) is 10.7. The molecule has 2 amide bonds. The van der Waals surface area contributed by atoms with Crippen molar-refractivity contribution in [2.75, 3.05) is 25.1 Å². The van der Waals surface area contributed by atoms with Crippen molar-refractivity contribution >= 4 is 29.2 Å². The number of carboxylic acid groups (broad SMARTS) is 1. The number of anilines is 2. The predicted octanol–water partition coefficient (Wildman–Crippen LogP) is 3.63. The molecule has 0 saturated carbocycles. The molecule has 230 valence electrons. The van der Waals surface area contributed by atoms with Gasteiger partial charge in [0, 0.05) is 49.1 Å². The molecule has 4 aromatic rings. The topological polar surface area (TPSA) is 163 Å². The fourth-order valence-corrected chi connectivity index (χ4v) is 5.68. The second-order valence-electron chi connectivity index (χ2n) is 11.9. The molecule has 3 atom stereocenters. The Morgan fingerprint density at radius 3 is 2.52 bits per heavy atom. The Morgan fingerprint density at radius 2 is 1.84 bits per heavy atom. The van der Waals surface area contributed by atoms with Crippen LogP contribution < -0.4 is 15.4 Å². The van der Waals surface area contributed by atoms with Crippen molar-refractivity contribution in [2.24, 2.45) is 0 Å². The van der Waals surface area contributed by atoms with Crippen LogP contribution in [0.15, 0.2) is 55.0 Å². The van der Waals surface area contributed by atoms with E-state index in [4.69, 9.17) is 9.47 Å². The number of nitrogens with one attached hydrogen (secondary N) is 2. The molecule has 44 heavy (non-hydrogen) atoms. The first kappa shape index (κ1) is 29.3. The lowest BCUT2D eigenvalue weighted by molar-refractivity contribution is -0.0857. The summed E-state index contributed by atoms with van der Waals surface area (Å²) in [5, 5.41) is 29.9. The number of hydrogen-bond donors (Lipinski definition) is 4. The van der Waals surface area contributed by atoms with Crippen LogP contribution >= 0.6 is 0 Å². The van der Waals surface area contributed by atoms with Gasteiger partial charge >= 0.3 is 6.09 Å². The lowest BCUT2D eigenvalue weighted by atomic mass is 9.92. The number of piperidine rings is 1. The van der Waals surface area contributed by atoms with Crippen molar-refractivity contribution < 1.29 is 29.3 Å². The van der Waals surface area contributed by atoms with Gasteiger partial charge in [0.1, 0.15) is 17.7 Å². The maximum absolute atomic E-state index is 12.3. The van der Waals surface area contributed by atoms with Crippen LogP contribution in [-0.2, 0) is 4.74 Å². The van der Waals surface area contributed by atoms with Crippen molar-refractivity contribution in [2.45, 2.75) is 57.4 Å². The molecule has 4 aromatic heterocycles. The standard InChI is InChI=1S/C31H35N7O6/c1-18-8-25(26(14-32-18)44-24-10-22-15-43-16-23(11-24)38(22)30(40)41)19-6-7-37-21(9-19)12-28(36-37)35-27-5-4-20(13-33-27)29(39)34-17-31(2,3)42/h4-9,12-14,22-24,42H,10-11,15-17H2,1-3H3,(H,34,39)(H,40,41)(H,33,35,36)/t22-,23+,24-. The highest BCUT2D eigenvalue weighted by Crippen LogP contribution is 2.36. The number of aliphatic hydroxyl groups is 1. The number of nitrogens with zero attached hydrogens (tertiary/aromatic N) is 5. The number of fused-ring (bicyclic) bond motifs is 3. The third-order valence-corrected chi connectivity index (χ3v) is 7.73. The Balaban J connectivity index is 1.17. The monoisotopic (exact) mass is 601 g/mol. The molecule has 2 aliphatic rings. The van der Waals surface area contributed by atoms with Gasteiger partial charge < -0.3 is 30.3 Å². The van der Waals surface area contributed by atoms with E-state index in [2.05, 4.69) is 25.7 Å². The van der Waals surface area contributed by atoms with Gasteiger partial charge in [0.15, 0.2) is 5.82 Å². The van der Waals surface area contributed by atoms with Gasteiger partial charge in [-0.25, -0.2) is 14.3 Å². The van der Waals surface area contributed by atoms with Gasteiger partial charge in [-0.3, -0.25) is 14.7 Å². The minimum absolute atomic E-state index is 0.129. The summed E-state index contributed by atoms with van der Waals surface area (Å²) in [6.07, 6.45) is 5.09. The van der Waals surface area contributed by atoms with E-state index in [-0.39, 0.29) is 30.6 Å². The minimum Gasteiger partial charge on any atom is -0.488 e. The minimum atomic E-state index is -1.01. The molecule has 2 saturated heterocycles. The van der Waals surface area contributed by atoms with Gasteiger partial charge in [0.25, 0.3) is 5.91 Å². The van der Waals surface area contributed by atoms with E-state index in [1.54, 1.807) is 36.7 Å². The Hall–Kier alpha value is -4.75. The summed E-state index contributed by atoms with van der Waals surface area (Å²) < 4.78 is 13.9. The van der Waals surface area contributed by atoms with Crippen LogP contribution in [0.25, 0.3) is 16.6 Å². The zero-order chi connectivity index (χ0) is 31.0. The lowest BCUT2D eigenvalue weighted by Gasteiger charge is -2.46. The molecule has 2 aliphatic heterocycles. The fourth-order valence-electron chi connectivity index (χ4n) is 5.68. The third-order valence-electron chi connectivity index (χ3n) is 7.73. The van der Waals surface area contributed by atoms with Crippen LogP contribution in [0.2, 0.25) is 0 Å². The second-order valence-corrected chi connectivity index (χ2v) is 11.9. The molecule has 0 aromatic carbocycles. The van der Waals surface area contributed by atoms with E-state index in [1.807, 2.05) is 37.4 Å². The number of aryl methyl sites for hydroxylation is 1. The van der Waals surface area contributed by atoms with Crippen LogP contribution in [0.5, 0.6) is 5.75 Å². The molecule has 0 aliphatic carbocycles.